The Kier molecular flexibility index (Phi) is 3.79. The number of aromatic nitrogens is 2. The first-order valence-electron chi connectivity index (χ1n) is 8.05. The van der Waals surface area contributed by atoms with Gasteiger partial charge in [0.1, 0.15) is 11.6 Å². The van der Waals surface area contributed by atoms with Crippen LogP contribution >= 0.6 is 0 Å². The molecule has 2 aromatic rings. The van der Waals surface area contributed by atoms with Gasteiger partial charge in [0.25, 0.3) is 0 Å². The van der Waals surface area contributed by atoms with Crippen LogP contribution < -0.4 is 4.90 Å². The van der Waals surface area contributed by atoms with Crippen LogP contribution in [0.15, 0.2) is 30.5 Å². The number of ketones is 1. The maximum atomic E-state index is 11.5. The Balaban J connectivity index is 1.47. The second-order valence-electron chi connectivity index (χ2n) is 6.09. The van der Waals surface area contributed by atoms with Crippen LogP contribution in [0.5, 0.6) is 0 Å². The Bertz CT molecular complexity index is 722. The minimum atomic E-state index is 0.237. The molecule has 2 heterocycles. The molecule has 0 bridgehead atoms. The van der Waals surface area contributed by atoms with E-state index in [4.69, 9.17) is 4.74 Å². The molecule has 23 heavy (non-hydrogen) atoms. The second-order valence-corrected chi connectivity index (χ2v) is 6.09. The fraction of sp³-hybridized carbons (Fsp3) is 0.389. The van der Waals surface area contributed by atoms with Crippen LogP contribution in [0, 0.1) is 0 Å². The smallest absolute Gasteiger partial charge is 0.143 e. The SMILES string of the molecule is O=C1Cc2cnc(Cc3ccc(N4CCOCC4)cc3)nc2C1. The van der Waals surface area contributed by atoms with Crippen molar-refractivity contribution in [2.24, 2.45) is 0 Å². The van der Waals surface area contributed by atoms with E-state index in [0.29, 0.717) is 19.3 Å². The number of anilines is 1. The van der Waals surface area contributed by atoms with E-state index in [2.05, 4.69) is 39.1 Å². The number of carbonyl (C=O) groups excluding carboxylic acids is 1. The summed E-state index contributed by atoms with van der Waals surface area (Å²) in [6.45, 7) is 3.48. The van der Waals surface area contributed by atoms with E-state index >= 15 is 0 Å². The Labute approximate surface area is 135 Å². The third-order valence-electron chi connectivity index (χ3n) is 4.43. The third kappa shape index (κ3) is 3.10. The predicted octanol–water partition coefficient (Wildman–Crippen LogP) is 1.57. The van der Waals surface area contributed by atoms with Crippen LogP contribution in [0.3, 0.4) is 0 Å². The molecule has 1 aliphatic carbocycles. The summed E-state index contributed by atoms with van der Waals surface area (Å²) < 4.78 is 5.39. The summed E-state index contributed by atoms with van der Waals surface area (Å²) in [6.07, 6.45) is 3.46. The fourth-order valence-corrected chi connectivity index (χ4v) is 3.16. The van der Waals surface area contributed by atoms with Gasteiger partial charge < -0.3 is 9.64 Å². The van der Waals surface area contributed by atoms with Crippen LogP contribution in [-0.4, -0.2) is 42.1 Å². The van der Waals surface area contributed by atoms with Crippen molar-refractivity contribution < 1.29 is 9.53 Å². The molecule has 1 saturated heterocycles. The van der Waals surface area contributed by atoms with Crippen LogP contribution in [-0.2, 0) is 28.8 Å². The maximum absolute atomic E-state index is 11.5. The van der Waals surface area contributed by atoms with E-state index < -0.39 is 0 Å². The monoisotopic (exact) mass is 309 g/mol. The highest BCUT2D eigenvalue weighted by molar-refractivity contribution is 5.87. The van der Waals surface area contributed by atoms with Gasteiger partial charge in [-0.1, -0.05) is 12.1 Å². The van der Waals surface area contributed by atoms with Gasteiger partial charge in [0.2, 0.25) is 0 Å². The Morgan fingerprint density at radius 2 is 1.87 bits per heavy atom. The largest absolute Gasteiger partial charge is 0.378 e. The van der Waals surface area contributed by atoms with Crippen LogP contribution in [0.4, 0.5) is 5.69 Å². The van der Waals surface area contributed by atoms with Gasteiger partial charge in [0.05, 0.1) is 18.9 Å². The lowest BCUT2D eigenvalue weighted by atomic mass is 10.1. The van der Waals surface area contributed by atoms with Crippen molar-refractivity contribution in [1.29, 1.82) is 0 Å². The highest BCUT2D eigenvalue weighted by Crippen LogP contribution is 2.20. The quantitative estimate of drug-likeness (QED) is 0.861. The van der Waals surface area contributed by atoms with Crippen molar-refractivity contribution in [3.8, 4) is 0 Å². The molecule has 4 rings (SSSR count). The number of morpholine rings is 1. The molecule has 2 aliphatic rings. The average molecular weight is 309 g/mol. The van der Waals surface area contributed by atoms with Crippen molar-refractivity contribution in [2.75, 3.05) is 31.2 Å². The molecular weight excluding hydrogens is 290 g/mol. The molecule has 0 N–H and O–H groups in total. The van der Waals surface area contributed by atoms with Crippen LogP contribution in [0.1, 0.15) is 22.6 Å². The summed E-state index contributed by atoms with van der Waals surface area (Å²) in [5.74, 6) is 1.03. The molecule has 1 aromatic carbocycles. The van der Waals surface area contributed by atoms with Crippen molar-refractivity contribution in [3.05, 3.63) is 53.1 Å². The Hall–Kier alpha value is -2.27. The number of carbonyl (C=O) groups is 1. The van der Waals surface area contributed by atoms with E-state index in [0.717, 1.165) is 43.4 Å². The topological polar surface area (TPSA) is 55.3 Å². The fourth-order valence-electron chi connectivity index (χ4n) is 3.16. The average Bonchev–Trinajstić information content (AvgIpc) is 2.96. The molecule has 0 saturated carbocycles. The number of Topliss-reactive ketones (excluding diaryl/α,β-unsaturated/α-hetero) is 1. The minimum absolute atomic E-state index is 0.237. The molecule has 1 fully saturated rings. The standard InChI is InChI=1S/C18H19N3O2/c22-16-10-14-12-19-18(20-17(14)11-16)9-13-1-3-15(4-2-13)21-5-7-23-8-6-21/h1-4,12H,5-11H2. The van der Waals surface area contributed by atoms with E-state index in [-0.39, 0.29) is 5.78 Å². The van der Waals surface area contributed by atoms with E-state index in [1.54, 1.807) is 0 Å². The van der Waals surface area contributed by atoms with Gasteiger partial charge >= 0.3 is 0 Å². The summed E-state index contributed by atoms with van der Waals surface area (Å²) in [5.41, 5.74) is 4.31. The molecule has 0 spiro atoms. The van der Waals surface area contributed by atoms with Crippen molar-refractivity contribution in [2.45, 2.75) is 19.3 Å². The lowest BCUT2D eigenvalue weighted by molar-refractivity contribution is -0.117. The van der Waals surface area contributed by atoms with Gasteiger partial charge in [0, 0.05) is 44.2 Å². The molecule has 5 nitrogen and oxygen atoms in total. The van der Waals surface area contributed by atoms with E-state index in [1.807, 2.05) is 6.20 Å². The minimum Gasteiger partial charge on any atom is -0.378 e. The molecule has 0 radical (unpaired) electrons. The van der Waals surface area contributed by atoms with Crippen molar-refractivity contribution >= 4 is 11.5 Å². The summed E-state index contributed by atoms with van der Waals surface area (Å²) in [7, 11) is 0. The molecule has 118 valence electrons. The number of rotatable bonds is 3. The van der Waals surface area contributed by atoms with Gasteiger partial charge in [0.15, 0.2) is 0 Å². The number of nitrogens with zero attached hydrogens (tertiary/aromatic N) is 3. The van der Waals surface area contributed by atoms with E-state index in [1.165, 1.54) is 11.3 Å². The van der Waals surface area contributed by atoms with Crippen LogP contribution in [0.25, 0.3) is 0 Å². The Morgan fingerprint density at radius 3 is 2.65 bits per heavy atom. The zero-order valence-corrected chi connectivity index (χ0v) is 13.0. The van der Waals surface area contributed by atoms with Gasteiger partial charge in [-0.15, -0.1) is 0 Å². The summed E-state index contributed by atoms with van der Waals surface area (Å²) in [4.78, 5) is 22.8. The highest BCUT2D eigenvalue weighted by atomic mass is 16.5. The zero-order valence-electron chi connectivity index (χ0n) is 13.0. The number of fused-ring (bicyclic) bond motifs is 1. The first kappa shape index (κ1) is 14.3. The normalized spacial score (nSPS) is 17.4. The molecular formula is C18H19N3O2. The maximum Gasteiger partial charge on any atom is 0.143 e. The van der Waals surface area contributed by atoms with Gasteiger partial charge in [-0.2, -0.15) is 0 Å². The number of ether oxygens (including phenoxy) is 1. The number of hydrogen-bond donors (Lipinski definition) is 0. The molecule has 5 heteroatoms. The zero-order chi connectivity index (χ0) is 15.6. The van der Waals surface area contributed by atoms with Gasteiger partial charge in [-0.3, -0.25) is 4.79 Å². The second kappa shape index (κ2) is 6.08. The van der Waals surface area contributed by atoms with E-state index in [9.17, 15) is 4.79 Å². The number of benzene rings is 1. The first-order chi connectivity index (χ1) is 11.3. The summed E-state index contributed by atoms with van der Waals surface area (Å²) in [6, 6.07) is 8.56. The van der Waals surface area contributed by atoms with Gasteiger partial charge in [-0.05, 0) is 23.3 Å². The molecule has 1 aliphatic heterocycles. The lowest BCUT2D eigenvalue weighted by Gasteiger charge is -2.28. The highest BCUT2D eigenvalue weighted by Gasteiger charge is 2.20. The predicted molar refractivity (Wildman–Crippen MR) is 86.7 cm³/mol. The third-order valence-corrected chi connectivity index (χ3v) is 4.43. The first-order valence-corrected chi connectivity index (χ1v) is 8.05. The lowest BCUT2D eigenvalue weighted by Crippen LogP contribution is -2.36. The Morgan fingerprint density at radius 1 is 1.09 bits per heavy atom. The van der Waals surface area contributed by atoms with Gasteiger partial charge in [-0.25, -0.2) is 9.97 Å². The summed E-state index contributed by atoms with van der Waals surface area (Å²) >= 11 is 0. The van der Waals surface area contributed by atoms with Crippen molar-refractivity contribution in [1.82, 2.24) is 9.97 Å². The molecule has 0 unspecified atom stereocenters. The molecule has 0 amide bonds. The van der Waals surface area contributed by atoms with Crippen LogP contribution in [0.2, 0.25) is 0 Å². The number of hydrogen-bond acceptors (Lipinski definition) is 5. The molecule has 0 atom stereocenters. The summed E-state index contributed by atoms with van der Waals surface area (Å²) in [5, 5.41) is 0. The van der Waals surface area contributed by atoms with Crippen molar-refractivity contribution in [3.63, 3.8) is 0 Å². The molecule has 1 aromatic heterocycles.